The molecule has 0 fully saturated rings. The van der Waals surface area contributed by atoms with E-state index in [2.05, 4.69) is 45.0 Å². The minimum absolute atomic E-state index is 0.437. The first-order chi connectivity index (χ1) is 8.77. The van der Waals surface area contributed by atoms with E-state index in [1.54, 1.807) is 0 Å². The average Bonchev–Trinajstić information content (AvgIpc) is 2.38. The second-order valence-electron chi connectivity index (χ2n) is 4.10. The Bertz CT molecular complexity index is 333. The molecule has 0 amide bonds. The molecule has 1 rings (SSSR count). The van der Waals surface area contributed by atoms with Crippen molar-refractivity contribution in [2.45, 2.75) is 40.0 Å². The zero-order valence-electron chi connectivity index (χ0n) is 11.5. The number of hydrogen-bond acceptors (Lipinski definition) is 3. The maximum Gasteiger partial charge on any atom is 0.209 e. The Hall–Kier alpha value is 0.150. The molecule has 102 valence electrons. The third-order valence-electron chi connectivity index (χ3n) is 2.36. The highest BCUT2D eigenvalue weighted by Crippen LogP contribution is 2.61. The molecule has 1 unspecified atom stereocenters. The lowest BCUT2D eigenvalue weighted by Crippen LogP contribution is -1.88. The monoisotopic (exact) mass is 302 g/mol. The summed E-state index contributed by atoms with van der Waals surface area (Å²) >= 11 is 3.98. The first-order valence-electron chi connectivity index (χ1n) is 6.57. The van der Waals surface area contributed by atoms with Crippen LogP contribution in [0.3, 0.4) is 0 Å². The molecule has 1 atom stereocenters. The normalized spacial score (nSPS) is 12.4. The Morgan fingerprint density at radius 1 is 1.06 bits per heavy atom. The first-order valence-corrected chi connectivity index (χ1v) is 11.0. The summed E-state index contributed by atoms with van der Waals surface area (Å²) in [6.45, 7) is 6.15. The number of rotatable bonds is 9. The van der Waals surface area contributed by atoms with Gasteiger partial charge in [-0.25, -0.2) is 0 Å². The molecule has 18 heavy (non-hydrogen) atoms. The molecule has 0 saturated carbocycles. The average molecular weight is 302 g/mol. The molecular weight excluding hydrogens is 279 g/mol. The van der Waals surface area contributed by atoms with Gasteiger partial charge < -0.3 is 4.52 Å². The summed E-state index contributed by atoms with van der Waals surface area (Å²) in [6.07, 6.45) is 3.77. The van der Waals surface area contributed by atoms with E-state index >= 15 is 0 Å². The Balaban J connectivity index is 2.51. The number of hydrogen-bond donors (Lipinski definition) is 0. The highest BCUT2D eigenvalue weighted by Gasteiger charge is 2.13. The van der Waals surface area contributed by atoms with E-state index in [0.29, 0.717) is 0 Å². The lowest BCUT2D eigenvalue weighted by molar-refractivity contribution is 0.633. The maximum absolute atomic E-state index is 6.18. The van der Waals surface area contributed by atoms with Crippen LogP contribution in [0.4, 0.5) is 0 Å². The fourth-order valence-electron chi connectivity index (χ4n) is 1.28. The van der Waals surface area contributed by atoms with E-state index in [0.717, 1.165) is 5.75 Å². The van der Waals surface area contributed by atoms with E-state index in [4.69, 9.17) is 4.52 Å². The Kier molecular flexibility index (Phi) is 9.00. The molecule has 0 aliphatic carbocycles. The van der Waals surface area contributed by atoms with Gasteiger partial charge in [-0.15, -0.1) is 0 Å². The third kappa shape index (κ3) is 6.36. The van der Waals surface area contributed by atoms with Crippen molar-refractivity contribution in [3.05, 3.63) is 29.8 Å². The molecule has 1 aromatic carbocycles. The van der Waals surface area contributed by atoms with Crippen LogP contribution in [0.2, 0.25) is 0 Å². The van der Waals surface area contributed by atoms with Gasteiger partial charge in [-0.2, -0.15) is 0 Å². The van der Waals surface area contributed by atoms with Gasteiger partial charge in [-0.05, 0) is 31.4 Å². The Labute approximate surface area is 121 Å². The van der Waals surface area contributed by atoms with Gasteiger partial charge in [0.1, 0.15) is 5.75 Å². The van der Waals surface area contributed by atoms with Gasteiger partial charge >= 0.3 is 0 Å². The van der Waals surface area contributed by atoms with Crippen LogP contribution in [0.15, 0.2) is 24.3 Å². The minimum atomic E-state index is -0.437. The zero-order valence-corrected chi connectivity index (χ0v) is 14.0. The summed E-state index contributed by atoms with van der Waals surface area (Å²) in [4.78, 5) is 0. The summed E-state index contributed by atoms with van der Waals surface area (Å²) < 4.78 is 6.18. The van der Waals surface area contributed by atoms with Gasteiger partial charge in [0, 0.05) is 11.5 Å². The predicted molar refractivity (Wildman–Crippen MR) is 88.8 cm³/mol. The SMILES string of the molecule is CCCCSP(Oc1ccccc1C)SCCC. The van der Waals surface area contributed by atoms with Gasteiger partial charge in [0.2, 0.25) is 6.55 Å². The predicted octanol–water partition coefficient (Wildman–Crippen LogP) is 6.28. The zero-order chi connectivity index (χ0) is 13.2. The van der Waals surface area contributed by atoms with E-state index in [1.165, 1.54) is 36.3 Å². The van der Waals surface area contributed by atoms with E-state index < -0.39 is 6.55 Å². The second-order valence-corrected chi connectivity index (χ2v) is 10.3. The van der Waals surface area contributed by atoms with Crippen molar-refractivity contribution in [3.63, 3.8) is 0 Å². The molecule has 0 aromatic heterocycles. The van der Waals surface area contributed by atoms with E-state index in [1.807, 2.05) is 22.8 Å². The van der Waals surface area contributed by atoms with Crippen LogP contribution >= 0.6 is 29.3 Å². The van der Waals surface area contributed by atoms with Crippen LogP contribution in [0, 0.1) is 6.92 Å². The largest absolute Gasteiger partial charge is 0.452 e. The molecule has 0 saturated heterocycles. The standard InChI is InChI=1S/C14H23OPS2/c1-4-6-12-18-16(17-11-5-2)15-14-10-8-7-9-13(14)3/h7-10H,4-6,11-12H2,1-3H3. The number of aryl methyl sites for hydroxylation is 1. The summed E-state index contributed by atoms with van der Waals surface area (Å²) in [6, 6.07) is 8.31. The Morgan fingerprint density at radius 2 is 1.78 bits per heavy atom. The summed E-state index contributed by atoms with van der Waals surface area (Å²) in [5.74, 6) is 3.46. The van der Waals surface area contributed by atoms with Gasteiger partial charge in [-0.1, -0.05) is 61.2 Å². The fraction of sp³-hybridized carbons (Fsp3) is 0.571. The van der Waals surface area contributed by atoms with Crippen LogP contribution < -0.4 is 4.52 Å². The third-order valence-corrected chi connectivity index (χ3v) is 8.90. The fourth-order valence-corrected chi connectivity index (χ4v) is 7.59. The van der Waals surface area contributed by atoms with Crippen LogP contribution in [-0.4, -0.2) is 11.5 Å². The molecule has 0 radical (unpaired) electrons. The topological polar surface area (TPSA) is 9.23 Å². The number of benzene rings is 1. The first kappa shape index (κ1) is 16.2. The van der Waals surface area contributed by atoms with Crippen LogP contribution in [0.25, 0.3) is 0 Å². The molecule has 0 aliphatic rings. The van der Waals surface area contributed by atoms with Gasteiger partial charge in [-0.3, -0.25) is 0 Å². The molecule has 0 heterocycles. The summed E-state index contributed by atoms with van der Waals surface area (Å²) in [7, 11) is 0. The van der Waals surface area contributed by atoms with Crippen LogP contribution in [0.5, 0.6) is 5.75 Å². The highest BCUT2D eigenvalue weighted by atomic mass is 33.1. The minimum Gasteiger partial charge on any atom is -0.452 e. The van der Waals surface area contributed by atoms with E-state index in [-0.39, 0.29) is 0 Å². The van der Waals surface area contributed by atoms with Crippen molar-refractivity contribution in [2.75, 3.05) is 11.5 Å². The van der Waals surface area contributed by atoms with Gasteiger partial charge in [0.15, 0.2) is 0 Å². The molecule has 0 aliphatic heterocycles. The van der Waals surface area contributed by atoms with Crippen LogP contribution in [0.1, 0.15) is 38.7 Å². The number of unbranched alkanes of at least 4 members (excludes halogenated alkanes) is 1. The molecule has 0 bridgehead atoms. The van der Waals surface area contributed by atoms with Crippen molar-refractivity contribution >= 4 is 29.3 Å². The molecule has 0 N–H and O–H groups in total. The lowest BCUT2D eigenvalue weighted by Gasteiger charge is -2.17. The highest BCUT2D eigenvalue weighted by molar-refractivity contribution is 8.87. The number of para-hydroxylation sites is 1. The molecule has 1 aromatic rings. The van der Waals surface area contributed by atoms with Gasteiger partial charge in [0.05, 0.1) is 0 Å². The smallest absolute Gasteiger partial charge is 0.209 e. The maximum atomic E-state index is 6.18. The Morgan fingerprint density at radius 3 is 2.44 bits per heavy atom. The molecular formula is C14H23OPS2. The van der Waals surface area contributed by atoms with Crippen LogP contribution in [-0.2, 0) is 0 Å². The van der Waals surface area contributed by atoms with Crippen molar-refractivity contribution in [1.82, 2.24) is 0 Å². The molecule has 1 nitrogen and oxygen atoms in total. The quantitative estimate of drug-likeness (QED) is 0.392. The van der Waals surface area contributed by atoms with Crippen molar-refractivity contribution in [2.24, 2.45) is 0 Å². The van der Waals surface area contributed by atoms with Crippen molar-refractivity contribution in [1.29, 1.82) is 0 Å². The second kappa shape index (κ2) is 10.00. The summed E-state index contributed by atoms with van der Waals surface area (Å²) in [5, 5.41) is 0. The van der Waals surface area contributed by atoms with E-state index in [9.17, 15) is 0 Å². The molecule has 0 spiro atoms. The lowest BCUT2D eigenvalue weighted by atomic mass is 10.2. The molecule has 4 heteroatoms. The summed E-state index contributed by atoms with van der Waals surface area (Å²) in [5.41, 5.74) is 1.23. The van der Waals surface area contributed by atoms with Crippen molar-refractivity contribution < 1.29 is 4.52 Å². The van der Waals surface area contributed by atoms with Gasteiger partial charge in [0.25, 0.3) is 0 Å². The van der Waals surface area contributed by atoms with Crippen molar-refractivity contribution in [3.8, 4) is 5.75 Å².